The number of hydrogen-bond acceptors (Lipinski definition) is 6. The Morgan fingerprint density at radius 1 is 1.20 bits per heavy atom. The van der Waals surface area contributed by atoms with Crippen LogP contribution in [0.25, 0.3) is 0 Å². The van der Waals surface area contributed by atoms with E-state index in [1.165, 1.54) is 0 Å². The second-order valence-corrected chi connectivity index (χ2v) is 12.2. The number of carbonyl (C=O) groups is 3. The van der Waals surface area contributed by atoms with Crippen molar-refractivity contribution in [2.75, 3.05) is 46.0 Å². The van der Waals surface area contributed by atoms with Gasteiger partial charge in [0.2, 0.25) is 0 Å². The number of alkyl carbamates (subject to hydrolysis) is 1. The second-order valence-electron chi connectivity index (χ2n) is 11.8. The van der Waals surface area contributed by atoms with Gasteiger partial charge in [-0.2, -0.15) is 0 Å². The highest BCUT2D eigenvalue weighted by Crippen LogP contribution is 2.34. The fourth-order valence-electron chi connectivity index (χ4n) is 5.36. The van der Waals surface area contributed by atoms with Gasteiger partial charge in [-0.15, -0.1) is 0 Å². The molecule has 4 amide bonds. The number of hydrogen-bond donors (Lipinski definition) is 4. The summed E-state index contributed by atoms with van der Waals surface area (Å²) in [6.45, 7) is 8.52. The number of nitrogens with zero attached hydrogens (tertiary/aromatic N) is 1. The van der Waals surface area contributed by atoms with E-state index in [9.17, 15) is 14.4 Å². The fourth-order valence-corrected chi connectivity index (χ4v) is 5.56. The molecule has 0 spiro atoms. The minimum Gasteiger partial charge on any atom is -0.465 e. The van der Waals surface area contributed by atoms with Gasteiger partial charge in [0.05, 0.1) is 12.7 Å². The largest absolute Gasteiger partial charge is 0.465 e. The Balaban J connectivity index is 1.62. The lowest BCUT2D eigenvalue weighted by Crippen LogP contribution is -2.51. The lowest BCUT2D eigenvalue weighted by Gasteiger charge is -2.37. The first-order chi connectivity index (χ1) is 19.5. The number of likely N-dealkylation sites (tertiary alicyclic amines) is 1. The predicted octanol–water partition coefficient (Wildman–Crippen LogP) is 4.80. The average Bonchev–Trinajstić information content (AvgIpc) is 2.91. The van der Waals surface area contributed by atoms with E-state index in [4.69, 9.17) is 30.9 Å². The predicted molar refractivity (Wildman–Crippen MR) is 155 cm³/mol. The molecule has 12 heteroatoms. The summed E-state index contributed by atoms with van der Waals surface area (Å²) in [5.41, 5.74) is 0.260. The molecule has 2 aliphatic heterocycles. The van der Waals surface area contributed by atoms with Crippen molar-refractivity contribution in [1.29, 1.82) is 0 Å². The van der Waals surface area contributed by atoms with E-state index in [1.54, 1.807) is 11.0 Å². The summed E-state index contributed by atoms with van der Waals surface area (Å²) < 4.78 is 17.2. The van der Waals surface area contributed by atoms with Gasteiger partial charge in [-0.25, -0.2) is 14.4 Å². The van der Waals surface area contributed by atoms with Gasteiger partial charge in [-0.05, 0) is 76.5 Å². The van der Waals surface area contributed by atoms with E-state index in [0.717, 1.165) is 37.9 Å². The van der Waals surface area contributed by atoms with E-state index in [-0.39, 0.29) is 43.8 Å². The van der Waals surface area contributed by atoms with Crippen LogP contribution in [-0.4, -0.2) is 85.9 Å². The van der Waals surface area contributed by atoms with Crippen LogP contribution in [0.3, 0.4) is 0 Å². The van der Waals surface area contributed by atoms with Gasteiger partial charge < -0.3 is 40.2 Å². The normalized spacial score (nSPS) is 20.9. The number of rotatable bonds is 11. The minimum atomic E-state index is -1.11. The molecule has 0 unspecified atom stereocenters. The summed E-state index contributed by atoms with van der Waals surface area (Å²) in [5.74, 6) is 0.291. The summed E-state index contributed by atoms with van der Waals surface area (Å²) in [6, 6.07) is 6.91. The third-order valence-corrected chi connectivity index (χ3v) is 7.35. The summed E-state index contributed by atoms with van der Waals surface area (Å²) in [5, 5.41) is 17.7. The van der Waals surface area contributed by atoms with Crippen LogP contribution in [0.1, 0.15) is 64.5 Å². The Bertz CT molecular complexity index is 1000. The summed E-state index contributed by atoms with van der Waals surface area (Å²) >= 11 is 6.26. The SMILES string of the molecule is CC(C)(C)OC(=O)N[C@H](CNC(=O)N1CCC[C@@H]([C@@H](OCCNC(=O)O)c2cccc(Cl)c2)C1)C[C@H]1CCCOC1. The van der Waals surface area contributed by atoms with Crippen LogP contribution in [0.15, 0.2) is 24.3 Å². The average molecular weight is 597 g/mol. The Kier molecular flexibility index (Phi) is 12.8. The number of carboxylic acid groups (broad SMARTS) is 1. The van der Waals surface area contributed by atoms with Crippen molar-refractivity contribution in [3.8, 4) is 0 Å². The van der Waals surface area contributed by atoms with E-state index in [2.05, 4.69) is 16.0 Å². The molecule has 2 saturated heterocycles. The Morgan fingerprint density at radius 3 is 2.68 bits per heavy atom. The van der Waals surface area contributed by atoms with Crippen LogP contribution in [0.4, 0.5) is 14.4 Å². The zero-order valence-electron chi connectivity index (χ0n) is 24.3. The first kappa shape index (κ1) is 32.8. The first-order valence-corrected chi connectivity index (χ1v) is 14.8. The highest BCUT2D eigenvalue weighted by Gasteiger charge is 2.32. The molecule has 1 aromatic carbocycles. The van der Waals surface area contributed by atoms with Crippen LogP contribution in [0.2, 0.25) is 5.02 Å². The maximum atomic E-state index is 13.3. The fraction of sp³-hybridized carbons (Fsp3) is 0.690. The molecule has 0 bridgehead atoms. The van der Waals surface area contributed by atoms with Crippen molar-refractivity contribution in [3.05, 3.63) is 34.9 Å². The van der Waals surface area contributed by atoms with Gasteiger partial charge in [0.1, 0.15) is 5.60 Å². The molecule has 11 nitrogen and oxygen atoms in total. The maximum Gasteiger partial charge on any atom is 0.407 e. The number of benzene rings is 1. The number of halogens is 1. The third kappa shape index (κ3) is 11.9. The van der Waals surface area contributed by atoms with Crippen molar-refractivity contribution in [3.63, 3.8) is 0 Å². The van der Waals surface area contributed by atoms with Crippen LogP contribution in [0.5, 0.6) is 0 Å². The van der Waals surface area contributed by atoms with Crippen LogP contribution in [-0.2, 0) is 14.2 Å². The van der Waals surface area contributed by atoms with Crippen molar-refractivity contribution in [2.24, 2.45) is 11.8 Å². The number of nitrogens with one attached hydrogen (secondary N) is 3. The minimum absolute atomic E-state index is 0.00660. The highest BCUT2D eigenvalue weighted by molar-refractivity contribution is 6.30. The molecule has 2 fully saturated rings. The Hall–Kier alpha value is -2.76. The van der Waals surface area contributed by atoms with Gasteiger partial charge >= 0.3 is 18.2 Å². The first-order valence-electron chi connectivity index (χ1n) is 14.4. The highest BCUT2D eigenvalue weighted by atomic mass is 35.5. The van der Waals surface area contributed by atoms with Crippen molar-refractivity contribution < 1.29 is 33.7 Å². The molecule has 0 radical (unpaired) electrons. The van der Waals surface area contributed by atoms with E-state index >= 15 is 0 Å². The smallest absolute Gasteiger partial charge is 0.407 e. The molecule has 3 rings (SSSR count). The van der Waals surface area contributed by atoms with E-state index < -0.39 is 17.8 Å². The number of ether oxygens (including phenoxy) is 3. The van der Waals surface area contributed by atoms with Crippen LogP contribution < -0.4 is 16.0 Å². The van der Waals surface area contributed by atoms with Crippen molar-refractivity contribution in [1.82, 2.24) is 20.9 Å². The molecule has 1 aromatic rings. The lowest BCUT2D eigenvalue weighted by atomic mass is 9.88. The number of piperidine rings is 1. The molecular weight excluding hydrogens is 552 g/mol. The topological polar surface area (TPSA) is 138 Å². The molecule has 0 saturated carbocycles. The van der Waals surface area contributed by atoms with Gasteiger partial charge in [0.25, 0.3) is 0 Å². The van der Waals surface area contributed by atoms with Crippen molar-refractivity contribution in [2.45, 2.75) is 70.6 Å². The molecule has 230 valence electrons. The zero-order valence-corrected chi connectivity index (χ0v) is 25.1. The maximum absolute atomic E-state index is 13.3. The lowest BCUT2D eigenvalue weighted by molar-refractivity contribution is -0.00840. The molecule has 4 N–H and O–H groups in total. The zero-order chi connectivity index (χ0) is 29.8. The Labute approximate surface area is 247 Å². The van der Waals surface area contributed by atoms with E-state index in [0.29, 0.717) is 37.1 Å². The molecule has 0 aliphatic carbocycles. The quantitative estimate of drug-likeness (QED) is 0.269. The van der Waals surface area contributed by atoms with Gasteiger partial charge in [0, 0.05) is 56.4 Å². The number of amides is 4. The Morgan fingerprint density at radius 2 is 2.00 bits per heavy atom. The molecule has 4 atom stereocenters. The standard InChI is InChI=1S/C29H45ClN4O7/c1-29(2,3)41-28(38)33-24(15-20-7-6-13-39-19-20)17-32-26(35)34-12-5-9-22(18-34)25(40-14-11-31-27(36)37)21-8-4-10-23(30)16-21/h4,8,10,16,20,22,24-25,31H,5-7,9,11-15,17-19H2,1-3H3,(H,32,35)(H,33,38)(H,36,37)/t20-,22-,24+,25+/m1/s1. The molecular formula is C29H45ClN4O7. The summed E-state index contributed by atoms with van der Waals surface area (Å²) in [4.78, 5) is 38.5. The summed E-state index contributed by atoms with van der Waals surface area (Å²) in [6.07, 6.45) is 2.34. The van der Waals surface area contributed by atoms with Gasteiger partial charge in [-0.3, -0.25) is 0 Å². The van der Waals surface area contributed by atoms with Crippen molar-refractivity contribution >= 4 is 29.8 Å². The second kappa shape index (κ2) is 16.0. The van der Waals surface area contributed by atoms with Crippen LogP contribution >= 0.6 is 11.6 Å². The molecule has 2 heterocycles. The monoisotopic (exact) mass is 596 g/mol. The van der Waals surface area contributed by atoms with Gasteiger partial charge in [-0.1, -0.05) is 23.7 Å². The molecule has 2 aliphatic rings. The number of urea groups is 1. The van der Waals surface area contributed by atoms with Crippen LogP contribution in [0, 0.1) is 11.8 Å². The number of carbonyl (C=O) groups excluding carboxylic acids is 2. The molecule has 0 aromatic heterocycles. The molecule has 41 heavy (non-hydrogen) atoms. The third-order valence-electron chi connectivity index (χ3n) is 7.12. The van der Waals surface area contributed by atoms with Gasteiger partial charge in [0.15, 0.2) is 0 Å². The van der Waals surface area contributed by atoms with E-state index in [1.807, 2.05) is 39.0 Å². The summed E-state index contributed by atoms with van der Waals surface area (Å²) in [7, 11) is 0.